The first kappa shape index (κ1) is 32.0. The predicted octanol–water partition coefficient (Wildman–Crippen LogP) is 4.85. The molecule has 0 aromatic carbocycles. The molecule has 0 fully saturated rings. The molecule has 1 amide bonds. The van der Waals surface area contributed by atoms with Crippen molar-refractivity contribution in [1.82, 2.24) is 15.7 Å². The van der Waals surface area contributed by atoms with Crippen molar-refractivity contribution in [3.63, 3.8) is 0 Å². The van der Waals surface area contributed by atoms with Crippen LogP contribution in [0.25, 0.3) is 0 Å². The fourth-order valence-corrected chi connectivity index (χ4v) is 3.05. The summed E-state index contributed by atoms with van der Waals surface area (Å²) < 4.78 is 10.6. The molecule has 7 nitrogen and oxygen atoms in total. The Hall–Kier alpha value is -2.02. The van der Waals surface area contributed by atoms with Crippen molar-refractivity contribution in [2.75, 3.05) is 26.2 Å². The van der Waals surface area contributed by atoms with Crippen LogP contribution in [0.2, 0.25) is 0 Å². The maximum absolute atomic E-state index is 11.7. The second-order valence-electron chi connectivity index (χ2n) is 7.51. The van der Waals surface area contributed by atoms with Gasteiger partial charge in [-0.05, 0) is 44.9 Å². The summed E-state index contributed by atoms with van der Waals surface area (Å²) in [6.07, 6.45) is 32.9. The summed E-state index contributed by atoms with van der Waals surface area (Å²) >= 11 is 0. The number of carbonyl (C=O) groups excluding carboxylic acids is 1. The quantitative estimate of drug-likeness (QED) is 0.0888. The lowest BCUT2D eigenvalue weighted by atomic mass is 10.2. The average Bonchev–Trinajstić information content (AvgIpc) is 2.79. The van der Waals surface area contributed by atoms with Gasteiger partial charge in [0.25, 0.3) is 0 Å². The molecule has 0 aliphatic heterocycles. The van der Waals surface area contributed by atoms with Crippen molar-refractivity contribution in [1.29, 1.82) is 0 Å². The molecule has 0 atom stereocenters. The third-order valence-corrected chi connectivity index (χ3v) is 5.01. The Morgan fingerprint density at radius 1 is 0.676 bits per heavy atom. The van der Waals surface area contributed by atoms with Gasteiger partial charge in [0.1, 0.15) is 0 Å². The highest BCUT2D eigenvalue weighted by atomic mass is 31.2. The topological polar surface area (TPSA) is 111 Å². The molecule has 0 aromatic heterocycles. The first-order chi connectivity index (χ1) is 16.5. The van der Waals surface area contributed by atoms with Gasteiger partial charge in [-0.15, -0.1) is 0 Å². The first-order valence-corrected chi connectivity index (χ1v) is 13.7. The van der Waals surface area contributed by atoms with Crippen LogP contribution in [0.15, 0.2) is 72.9 Å². The molecule has 0 bridgehead atoms. The normalized spacial score (nSPS) is 13.1. The standard InChI is InChI=1S/C26H44N3O4P/c1-2-3-4-5-6-7-8-9-10-11-12-13-14-15-16-17-18-19-20-21-26(30)28-24-22-27-23-25-29-34(31,32)33/h3-4,6-7,9-10,12-13,15-16,18-19,27H,2,5,8,11,14,17,20-25H2,1H3,(H,28,30)(H3,29,31,32,33). The van der Waals surface area contributed by atoms with Gasteiger partial charge in [-0.1, -0.05) is 79.8 Å². The molecular formula is C26H44N3O4P. The van der Waals surface area contributed by atoms with Crippen molar-refractivity contribution in [3.8, 4) is 0 Å². The number of hydrogen-bond donors (Lipinski definition) is 5. The third-order valence-electron chi connectivity index (χ3n) is 4.38. The minimum absolute atomic E-state index is 0.00493. The summed E-state index contributed by atoms with van der Waals surface area (Å²) in [4.78, 5) is 29.0. The summed E-state index contributed by atoms with van der Waals surface area (Å²) in [7, 11) is -4.15. The van der Waals surface area contributed by atoms with Gasteiger partial charge in [-0.3, -0.25) is 4.79 Å². The Balaban J connectivity index is 3.55. The third kappa shape index (κ3) is 28.0. The van der Waals surface area contributed by atoms with Crippen LogP contribution in [0.5, 0.6) is 0 Å². The maximum atomic E-state index is 11.7. The molecule has 0 rings (SSSR count). The summed E-state index contributed by atoms with van der Waals surface area (Å²) in [6.45, 7) is 3.76. The van der Waals surface area contributed by atoms with E-state index in [1.807, 2.05) is 6.08 Å². The molecule has 0 radical (unpaired) electrons. The minimum atomic E-state index is -4.15. The van der Waals surface area contributed by atoms with Gasteiger partial charge in [0, 0.05) is 32.6 Å². The van der Waals surface area contributed by atoms with Crippen LogP contribution in [0.4, 0.5) is 0 Å². The zero-order valence-corrected chi connectivity index (χ0v) is 21.5. The van der Waals surface area contributed by atoms with Gasteiger partial charge in [-0.2, -0.15) is 0 Å². The second kappa shape index (κ2) is 24.1. The number of carbonyl (C=O) groups is 1. The van der Waals surface area contributed by atoms with Crippen molar-refractivity contribution >= 4 is 13.7 Å². The number of amides is 1. The van der Waals surface area contributed by atoms with E-state index in [9.17, 15) is 9.36 Å². The Morgan fingerprint density at radius 3 is 1.59 bits per heavy atom. The van der Waals surface area contributed by atoms with Gasteiger partial charge in [0.05, 0.1) is 0 Å². The fraction of sp³-hybridized carbons (Fsp3) is 0.500. The minimum Gasteiger partial charge on any atom is -0.355 e. The van der Waals surface area contributed by atoms with E-state index in [0.717, 1.165) is 38.5 Å². The molecule has 192 valence electrons. The van der Waals surface area contributed by atoms with Crippen molar-refractivity contribution in [2.24, 2.45) is 0 Å². The maximum Gasteiger partial charge on any atom is 0.400 e. The van der Waals surface area contributed by atoms with Gasteiger partial charge in [-0.25, -0.2) is 9.65 Å². The van der Waals surface area contributed by atoms with E-state index in [4.69, 9.17) is 9.79 Å². The molecule has 0 saturated heterocycles. The molecular weight excluding hydrogens is 449 g/mol. The first-order valence-electron chi connectivity index (χ1n) is 12.1. The predicted molar refractivity (Wildman–Crippen MR) is 143 cm³/mol. The highest BCUT2D eigenvalue weighted by Gasteiger charge is 2.09. The second-order valence-corrected chi connectivity index (χ2v) is 8.91. The monoisotopic (exact) mass is 493 g/mol. The molecule has 0 aliphatic carbocycles. The highest BCUT2D eigenvalue weighted by molar-refractivity contribution is 7.49. The van der Waals surface area contributed by atoms with Crippen molar-refractivity contribution in [2.45, 2.75) is 58.3 Å². The van der Waals surface area contributed by atoms with Gasteiger partial charge >= 0.3 is 7.75 Å². The van der Waals surface area contributed by atoms with Crippen LogP contribution in [0.1, 0.15) is 58.3 Å². The highest BCUT2D eigenvalue weighted by Crippen LogP contribution is 2.26. The summed E-state index contributed by atoms with van der Waals surface area (Å²) in [5, 5.41) is 7.89. The Kier molecular flexibility index (Phi) is 22.7. The van der Waals surface area contributed by atoms with E-state index in [-0.39, 0.29) is 12.5 Å². The van der Waals surface area contributed by atoms with Gasteiger partial charge in [0.15, 0.2) is 0 Å². The lowest BCUT2D eigenvalue weighted by molar-refractivity contribution is -0.120. The summed E-state index contributed by atoms with van der Waals surface area (Å²) in [5.74, 6) is -0.00493. The molecule has 0 saturated carbocycles. The number of nitrogens with one attached hydrogen (secondary N) is 3. The molecule has 0 aromatic rings. The van der Waals surface area contributed by atoms with Crippen molar-refractivity contribution in [3.05, 3.63) is 72.9 Å². The lowest BCUT2D eigenvalue weighted by Gasteiger charge is -2.08. The van der Waals surface area contributed by atoms with E-state index in [1.54, 1.807) is 0 Å². The van der Waals surface area contributed by atoms with Gasteiger partial charge in [0.2, 0.25) is 5.91 Å². The number of hydrogen-bond acceptors (Lipinski definition) is 3. The van der Waals surface area contributed by atoms with E-state index in [2.05, 4.69) is 89.5 Å². The van der Waals surface area contributed by atoms with Crippen LogP contribution in [0, 0.1) is 0 Å². The van der Waals surface area contributed by atoms with Gasteiger partial charge < -0.3 is 20.4 Å². The Morgan fingerprint density at radius 2 is 1.12 bits per heavy atom. The van der Waals surface area contributed by atoms with E-state index in [1.165, 1.54) is 0 Å². The molecule has 0 aliphatic rings. The summed E-state index contributed by atoms with van der Waals surface area (Å²) in [6, 6.07) is 0. The van der Waals surface area contributed by atoms with E-state index >= 15 is 0 Å². The number of allylic oxidation sites excluding steroid dienone is 12. The van der Waals surface area contributed by atoms with Crippen molar-refractivity contribution < 1.29 is 19.1 Å². The van der Waals surface area contributed by atoms with Crippen LogP contribution in [0.3, 0.4) is 0 Å². The van der Waals surface area contributed by atoms with Crippen LogP contribution in [-0.4, -0.2) is 41.9 Å². The van der Waals surface area contributed by atoms with E-state index in [0.29, 0.717) is 32.5 Å². The molecule has 8 heteroatoms. The zero-order valence-electron chi connectivity index (χ0n) is 20.6. The Bertz CT molecular complexity index is 722. The van der Waals surface area contributed by atoms with E-state index < -0.39 is 7.75 Å². The van der Waals surface area contributed by atoms with Crippen LogP contribution in [-0.2, 0) is 9.36 Å². The Labute approximate surface area is 206 Å². The summed E-state index contributed by atoms with van der Waals surface area (Å²) in [5.41, 5.74) is 0. The molecule has 0 unspecified atom stereocenters. The average molecular weight is 494 g/mol. The lowest BCUT2D eigenvalue weighted by Crippen LogP contribution is -2.34. The van der Waals surface area contributed by atoms with Crippen LogP contribution >= 0.6 is 7.75 Å². The fourth-order valence-electron chi connectivity index (χ4n) is 2.65. The SMILES string of the molecule is CCC=CCC=CCC=CCC=CCC=CCC=CCCC(=O)NCCNCCNP(=O)(O)O. The molecule has 5 N–H and O–H groups in total. The molecule has 34 heavy (non-hydrogen) atoms. The zero-order chi connectivity index (χ0) is 25.2. The molecule has 0 spiro atoms. The smallest absolute Gasteiger partial charge is 0.355 e. The largest absolute Gasteiger partial charge is 0.400 e. The van der Waals surface area contributed by atoms with Crippen LogP contribution < -0.4 is 15.7 Å². The molecule has 0 heterocycles. The number of rotatable bonds is 21.